The van der Waals surface area contributed by atoms with E-state index in [1.807, 2.05) is 0 Å². The summed E-state index contributed by atoms with van der Waals surface area (Å²) >= 11 is 0. The van der Waals surface area contributed by atoms with E-state index in [-0.39, 0.29) is 17.5 Å². The van der Waals surface area contributed by atoms with Gasteiger partial charge in [-0.2, -0.15) is 0 Å². The highest BCUT2D eigenvalue weighted by Gasteiger charge is 2.51. The first-order valence-corrected chi connectivity index (χ1v) is 8.33. The van der Waals surface area contributed by atoms with Gasteiger partial charge in [0, 0.05) is 24.5 Å². The second kappa shape index (κ2) is 4.99. The van der Waals surface area contributed by atoms with Crippen LogP contribution in [0.3, 0.4) is 0 Å². The van der Waals surface area contributed by atoms with Gasteiger partial charge >= 0.3 is 0 Å². The van der Waals surface area contributed by atoms with Crippen molar-refractivity contribution in [1.82, 2.24) is 10.6 Å². The summed E-state index contributed by atoms with van der Waals surface area (Å²) in [4.78, 5) is 12.4. The van der Waals surface area contributed by atoms with Gasteiger partial charge in [0.15, 0.2) is 0 Å². The van der Waals surface area contributed by atoms with Crippen molar-refractivity contribution in [3.63, 3.8) is 0 Å². The summed E-state index contributed by atoms with van der Waals surface area (Å²) < 4.78 is 5.43. The molecule has 1 atom stereocenters. The Morgan fingerprint density at radius 1 is 1.15 bits per heavy atom. The molecule has 20 heavy (non-hydrogen) atoms. The maximum absolute atomic E-state index is 12.4. The Bertz CT molecular complexity index is 355. The standard InChI is InChI=1S/C16H26N2O2/c19-15(6-14-10-20-2-1-17-14)18-16-7-11-3-12(8-16)5-13(4-11)9-16/h11-14,17H,1-10H2,(H,18,19). The average Bonchev–Trinajstić information content (AvgIpc) is 2.37. The Labute approximate surface area is 121 Å². The molecule has 4 aliphatic carbocycles. The van der Waals surface area contributed by atoms with Crippen molar-refractivity contribution in [1.29, 1.82) is 0 Å². The van der Waals surface area contributed by atoms with Crippen LogP contribution in [0.4, 0.5) is 0 Å². The third-order valence-electron chi connectivity index (χ3n) is 5.87. The first-order valence-electron chi connectivity index (χ1n) is 8.33. The number of hydrogen-bond donors (Lipinski definition) is 2. The zero-order valence-corrected chi connectivity index (χ0v) is 12.2. The Balaban J connectivity index is 1.37. The van der Waals surface area contributed by atoms with Gasteiger partial charge in [0.05, 0.1) is 13.2 Å². The molecule has 5 aliphatic rings. The van der Waals surface area contributed by atoms with E-state index < -0.39 is 0 Å². The van der Waals surface area contributed by atoms with Crippen molar-refractivity contribution in [2.24, 2.45) is 17.8 Å². The van der Waals surface area contributed by atoms with Gasteiger partial charge in [-0.05, 0) is 56.3 Å². The Kier molecular flexibility index (Phi) is 3.26. The van der Waals surface area contributed by atoms with Crippen molar-refractivity contribution < 1.29 is 9.53 Å². The fourth-order valence-corrected chi connectivity index (χ4v) is 5.59. The topological polar surface area (TPSA) is 50.4 Å². The van der Waals surface area contributed by atoms with Crippen molar-refractivity contribution in [2.75, 3.05) is 19.8 Å². The van der Waals surface area contributed by atoms with Crippen LogP contribution in [0.2, 0.25) is 0 Å². The predicted molar refractivity (Wildman–Crippen MR) is 76.3 cm³/mol. The quantitative estimate of drug-likeness (QED) is 0.821. The number of morpholine rings is 1. The van der Waals surface area contributed by atoms with Crippen molar-refractivity contribution in [3.05, 3.63) is 0 Å². The molecule has 0 spiro atoms. The third-order valence-corrected chi connectivity index (χ3v) is 5.87. The Morgan fingerprint density at radius 3 is 2.35 bits per heavy atom. The van der Waals surface area contributed by atoms with Gasteiger partial charge in [0.25, 0.3) is 0 Å². The molecular formula is C16H26N2O2. The van der Waals surface area contributed by atoms with Crippen LogP contribution in [0.15, 0.2) is 0 Å². The van der Waals surface area contributed by atoms with Crippen LogP contribution >= 0.6 is 0 Å². The largest absolute Gasteiger partial charge is 0.378 e. The van der Waals surface area contributed by atoms with Crippen molar-refractivity contribution in [3.8, 4) is 0 Å². The van der Waals surface area contributed by atoms with E-state index in [9.17, 15) is 4.79 Å². The highest BCUT2D eigenvalue weighted by molar-refractivity contribution is 5.77. The average molecular weight is 278 g/mol. The molecule has 2 N–H and O–H groups in total. The van der Waals surface area contributed by atoms with Crippen LogP contribution in [0.5, 0.6) is 0 Å². The Morgan fingerprint density at radius 2 is 1.80 bits per heavy atom. The van der Waals surface area contributed by atoms with E-state index in [1.165, 1.54) is 38.5 Å². The Hall–Kier alpha value is -0.610. The molecule has 1 aliphatic heterocycles. The molecule has 1 heterocycles. The van der Waals surface area contributed by atoms with E-state index in [4.69, 9.17) is 4.74 Å². The molecular weight excluding hydrogens is 252 g/mol. The monoisotopic (exact) mass is 278 g/mol. The summed E-state index contributed by atoms with van der Waals surface area (Å²) in [7, 11) is 0. The molecule has 0 aromatic carbocycles. The van der Waals surface area contributed by atoms with Gasteiger partial charge in [0.2, 0.25) is 5.91 Å². The van der Waals surface area contributed by atoms with Crippen LogP contribution in [-0.4, -0.2) is 37.2 Å². The van der Waals surface area contributed by atoms with Crippen LogP contribution < -0.4 is 10.6 Å². The van der Waals surface area contributed by atoms with Gasteiger partial charge in [-0.15, -0.1) is 0 Å². The minimum absolute atomic E-state index is 0.154. The number of rotatable bonds is 3. The lowest BCUT2D eigenvalue weighted by atomic mass is 9.53. The molecule has 4 saturated carbocycles. The molecule has 1 amide bonds. The third kappa shape index (κ3) is 2.48. The summed E-state index contributed by atoms with van der Waals surface area (Å²) in [6, 6.07) is 0.206. The summed E-state index contributed by atoms with van der Waals surface area (Å²) in [5.74, 6) is 2.89. The second-order valence-corrected chi connectivity index (χ2v) is 7.68. The van der Waals surface area contributed by atoms with E-state index in [0.29, 0.717) is 13.0 Å². The minimum Gasteiger partial charge on any atom is -0.378 e. The number of ether oxygens (including phenoxy) is 1. The number of amides is 1. The number of nitrogens with one attached hydrogen (secondary N) is 2. The first-order chi connectivity index (χ1) is 9.71. The highest BCUT2D eigenvalue weighted by Crippen LogP contribution is 2.55. The molecule has 5 fully saturated rings. The molecule has 1 unspecified atom stereocenters. The van der Waals surface area contributed by atoms with Crippen LogP contribution in [0.1, 0.15) is 44.9 Å². The van der Waals surface area contributed by atoms with Gasteiger partial charge in [-0.3, -0.25) is 4.79 Å². The fraction of sp³-hybridized carbons (Fsp3) is 0.938. The lowest BCUT2D eigenvalue weighted by molar-refractivity contribution is -0.128. The van der Waals surface area contributed by atoms with Crippen molar-refractivity contribution >= 4 is 5.91 Å². The molecule has 5 rings (SSSR count). The van der Waals surface area contributed by atoms with Crippen molar-refractivity contribution in [2.45, 2.75) is 56.5 Å². The fourth-order valence-electron chi connectivity index (χ4n) is 5.59. The highest BCUT2D eigenvalue weighted by atomic mass is 16.5. The molecule has 0 aromatic heterocycles. The SMILES string of the molecule is O=C(CC1COCCN1)NC12CC3CC(CC(C3)C1)C2. The molecule has 4 heteroatoms. The summed E-state index contributed by atoms with van der Waals surface area (Å²) in [5, 5.41) is 6.81. The van der Waals surface area contributed by atoms with Gasteiger partial charge in [-0.25, -0.2) is 0 Å². The summed E-state index contributed by atoms with van der Waals surface area (Å²) in [6.07, 6.45) is 8.55. The number of carbonyl (C=O) groups excluding carboxylic acids is 1. The van der Waals surface area contributed by atoms with Crippen LogP contribution in [0, 0.1) is 17.8 Å². The maximum Gasteiger partial charge on any atom is 0.222 e. The number of carbonyl (C=O) groups is 1. The predicted octanol–water partition coefficient (Wildman–Crippen LogP) is 1.45. The maximum atomic E-state index is 12.4. The molecule has 1 saturated heterocycles. The van der Waals surface area contributed by atoms with Gasteiger partial charge in [0.1, 0.15) is 0 Å². The zero-order valence-electron chi connectivity index (χ0n) is 12.2. The van der Waals surface area contributed by atoms with E-state index in [2.05, 4.69) is 10.6 Å². The van der Waals surface area contributed by atoms with Gasteiger partial charge < -0.3 is 15.4 Å². The smallest absolute Gasteiger partial charge is 0.222 e. The van der Waals surface area contributed by atoms with E-state index >= 15 is 0 Å². The minimum atomic E-state index is 0.154. The molecule has 4 nitrogen and oxygen atoms in total. The first kappa shape index (κ1) is 13.1. The number of hydrogen-bond acceptors (Lipinski definition) is 3. The molecule has 4 bridgehead atoms. The molecule has 0 aromatic rings. The second-order valence-electron chi connectivity index (χ2n) is 7.68. The van der Waals surface area contributed by atoms with E-state index in [1.54, 1.807) is 0 Å². The lowest BCUT2D eigenvalue weighted by Crippen LogP contribution is -2.60. The van der Waals surface area contributed by atoms with Crippen LogP contribution in [0.25, 0.3) is 0 Å². The molecule has 112 valence electrons. The van der Waals surface area contributed by atoms with Gasteiger partial charge in [-0.1, -0.05) is 0 Å². The normalized spacial score (nSPS) is 46.4. The zero-order chi connectivity index (χ0) is 13.6. The summed E-state index contributed by atoms with van der Waals surface area (Å²) in [5.41, 5.74) is 0.154. The van der Waals surface area contributed by atoms with E-state index in [0.717, 1.165) is 30.9 Å². The lowest BCUT2D eigenvalue weighted by Gasteiger charge is -2.57. The molecule has 0 radical (unpaired) electrons. The van der Waals surface area contributed by atoms with Crippen LogP contribution in [-0.2, 0) is 9.53 Å². The summed E-state index contributed by atoms with van der Waals surface area (Å²) in [6.45, 7) is 2.32.